The number of nitrogens with zero attached hydrogens (tertiary/aromatic N) is 2. The Hall–Kier alpha value is -5.18. The lowest BCUT2D eigenvalue weighted by Gasteiger charge is -2.31. The van der Waals surface area contributed by atoms with E-state index >= 15 is 0 Å². The van der Waals surface area contributed by atoms with Gasteiger partial charge in [0.15, 0.2) is 13.5 Å². The van der Waals surface area contributed by atoms with Crippen LogP contribution in [0.2, 0.25) is 0 Å². The van der Waals surface area contributed by atoms with Crippen molar-refractivity contribution in [2.24, 2.45) is 0 Å². The number of unbranched alkanes of at least 4 members (excludes halogenated alkanes) is 3. The molecule has 244 valence electrons. The standard InChI is InChI=1S/C38H40N2O7/c1-27-7-17-36-30(21-27)23-39(25-45-36)32-9-13-34(14-10-32)47-35-15-11-33(12-16-35)40-24-31-22-29(8-18-37(31)46-26-40)38(42)44-20-6-4-3-5-19-43-28(2)41/h7-18,21-22H,3-6,19-20,23-26H2,1-2H3. The number of carbonyl (C=O) groups is 2. The molecular formula is C38H40N2O7. The fourth-order valence-electron chi connectivity index (χ4n) is 5.68. The number of ether oxygens (including phenoxy) is 5. The second-order valence-electron chi connectivity index (χ2n) is 11.9. The van der Waals surface area contributed by atoms with Crippen LogP contribution in [0.5, 0.6) is 23.0 Å². The zero-order chi connectivity index (χ0) is 32.6. The van der Waals surface area contributed by atoms with Gasteiger partial charge in [0.05, 0.1) is 18.8 Å². The summed E-state index contributed by atoms with van der Waals surface area (Å²) >= 11 is 0. The second-order valence-corrected chi connectivity index (χ2v) is 11.9. The van der Waals surface area contributed by atoms with Gasteiger partial charge in [0.1, 0.15) is 23.0 Å². The summed E-state index contributed by atoms with van der Waals surface area (Å²) in [6.07, 6.45) is 3.40. The maximum atomic E-state index is 12.7. The lowest BCUT2D eigenvalue weighted by molar-refractivity contribution is -0.141. The molecule has 0 bridgehead atoms. The van der Waals surface area contributed by atoms with Gasteiger partial charge < -0.3 is 33.5 Å². The third-order valence-electron chi connectivity index (χ3n) is 8.20. The highest BCUT2D eigenvalue weighted by molar-refractivity contribution is 5.90. The van der Waals surface area contributed by atoms with Crippen LogP contribution in [0.1, 0.15) is 59.7 Å². The molecular weight excluding hydrogens is 596 g/mol. The number of carbonyl (C=O) groups excluding carboxylic acids is 2. The SMILES string of the molecule is CC(=O)OCCCCCCOC(=O)c1ccc2c(c1)CN(c1ccc(Oc3ccc(N4COc5ccc(C)cc5C4)cc3)cc1)CO2. The topological polar surface area (TPSA) is 86.8 Å². The molecule has 0 saturated heterocycles. The van der Waals surface area contributed by atoms with E-state index in [0.29, 0.717) is 38.8 Å². The van der Waals surface area contributed by atoms with Gasteiger partial charge in [-0.3, -0.25) is 4.79 Å². The summed E-state index contributed by atoms with van der Waals surface area (Å²) in [5, 5.41) is 0. The number of hydrogen-bond acceptors (Lipinski definition) is 9. The molecule has 0 radical (unpaired) electrons. The lowest BCUT2D eigenvalue weighted by atomic mass is 10.1. The minimum atomic E-state index is -0.343. The van der Waals surface area contributed by atoms with Crippen molar-refractivity contribution in [3.8, 4) is 23.0 Å². The van der Waals surface area contributed by atoms with E-state index in [1.54, 1.807) is 6.07 Å². The predicted molar refractivity (Wildman–Crippen MR) is 179 cm³/mol. The maximum absolute atomic E-state index is 12.7. The first-order valence-corrected chi connectivity index (χ1v) is 16.1. The van der Waals surface area contributed by atoms with Gasteiger partial charge in [-0.05, 0) is 105 Å². The zero-order valence-electron chi connectivity index (χ0n) is 26.9. The fraction of sp³-hybridized carbons (Fsp3) is 0.316. The third-order valence-corrected chi connectivity index (χ3v) is 8.20. The van der Waals surface area contributed by atoms with Crippen molar-refractivity contribution in [2.75, 3.05) is 36.5 Å². The smallest absolute Gasteiger partial charge is 0.338 e. The van der Waals surface area contributed by atoms with Crippen LogP contribution in [-0.2, 0) is 27.4 Å². The van der Waals surface area contributed by atoms with Crippen molar-refractivity contribution in [3.05, 3.63) is 107 Å². The summed E-state index contributed by atoms with van der Waals surface area (Å²) in [5.74, 6) is 2.61. The molecule has 0 N–H and O–H groups in total. The molecule has 0 atom stereocenters. The van der Waals surface area contributed by atoms with E-state index < -0.39 is 0 Å². The van der Waals surface area contributed by atoms with Crippen LogP contribution in [0.3, 0.4) is 0 Å². The van der Waals surface area contributed by atoms with Crippen LogP contribution in [0, 0.1) is 6.92 Å². The number of hydrogen-bond donors (Lipinski definition) is 0. The molecule has 2 aliphatic heterocycles. The minimum Gasteiger partial charge on any atom is -0.473 e. The van der Waals surface area contributed by atoms with Gasteiger partial charge in [-0.2, -0.15) is 0 Å². The molecule has 4 aromatic rings. The lowest BCUT2D eigenvalue weighted by Crippen LogP contribution is -2.32. The highest BCUT2D eigenvalue weighted by Gasteiger charge is 2.21. The highest BCUT2D eigenvalue weighted by atomic mass is 16.5. The first kappa shape index (κ1) is 31.8. The summed E-state index contributed by atoms with van der Waals surface area (Å²) in [5.41, 5.74) is 5.91. The van der Waals surface area contributed by atoms with Gasteiger partial charge in [0, 0.05) is 42.5 Å². The fourth-order valence-corrected chi connectivity index (χ4v) is 5.68. The van der Waals surface area contributed by atoms with E-state index in [1.807, 2.05) is 54.6 Å². The Morgan fingerprint density at radius 3 is 1.77 bits per heavy atom. The van der Waals surface area contributed by atoms with Crippen molar-refractivity contribution in [1.29, 1.82) is 0 Å². The molecule has 0 fully saturated rings. The number of rotatable bonds is 12. The van der Waals surface area contributed by atoms with Crippen LogP contribution < -0.4 is 24.0 Å². The summed E-state index contributed by atoms with van der Waals surface area (Å²) in [4.78, 5) is 27.8. The number of anilines is 2. The number of fused-ring (bicyclic) bond motifs is 2. The van der Waals surface area contributed by atoms with Crippen LogP contribution in [0.4, 0.5) is 11.4 Å². The molecule has 4 aromatic carbocycles. The van der Waals surface area contributed by atoms with E-state index in [9.17, 15) is 9.59 Å². The van der Waals surface area contributed by atoms with E-state index in [-0.39, 0.29) is 11.9 Å². The van der Waals surface area contributed by atoms with Crippen LogP contribution in [0.25, 0.3) is 0 Å². The number of aryl methyl sites for hydroxylation is 1. The molecule has 0 aliphatic carbocycles. The Bertz CT molecular complexity index is 1690. The van der Waals surface area contributed by atoms with Crippen LogP contribution in [-0.4, -0.2) is 38.6 Å². The van der Waals surface area contributed by atoms with Gasteiger partial charge >= 0.3 is 11.9 Å². The Labute approximate surface area is 275 Å². The van der Waals surface area contributed by atoms with E-state index in [4.69, 9.17) is 23.7 Å². The van der Waals surface area contributed by atoms with Crippen molar-refractivity contribution in [2.45, 2.75) is 52.6 Å². The predicted octanol–water partition coefficient (Wildman–Crippen LogP) is 7.78. The molecule has 0 aromatic heterocycles. The Balaban J connectivity index is 0.981. The highest BCUT2D eigenvalue weighted by Crippen LogP contribution is 2.33. The third kappa shape index (κ3) is 8.35. The van der Waals surface area contributed by atoms with Gasteiger partial charge in [0.2, 0.25) is 0 Å². The van der Waals surface area contributed by atoms with Gasteiger partial charge in [-0.1, -0.05) is 17.7 Å². The molecule has 9 heteroatoms. The summed E-state index contributed by atoms with van der Waals surface area (Å²) < 4.78 is 28.5. The number of esters is 2. The molecule has 0 saturated carbocycles. The van der Waals surface area contributed by atoms with Crippen molar-refractivity contribution >= 4 is 23.3 Å². The normalized spacial score (nSPS) is 13.5. The quantitative estimate of drug-likeness (QED) is 0.114. The Morgan fingerprint density at radius 2 is 1.19 bits per heavy atom. The molecule has 47 heavy (non-hydrogen) atoms. The average Bonchev–Trinajstić information content (AvgIpc) is 3.09. The summed E-state index contributed by atoms with van der Waals surface area (Å²) in [6.45, 7) is 6.61. The van der Waals surface area contributed by atoms with E-state index in [0.717, 1.165) is 72.2 Å². The van der Waals surface area contributed by atoms with Crippen LogP contribution >= 0.6 is 0 Å². The Morgan fingerprint density at radius 1 is 0.660 bits per heavy atom. The number of benzene rings is 4. The van der Waals surface area contributed by atoms with Gasteiger partial charge in [-0.15, -0.1) is 0 Å². The summed E-state index contributed by atoms with van der Waals surface area (Å²) in [6, 6.07) is 27.7. The molecule has 0 spiro atoms. The van der Waals surface area contributed by atoms with Crippen molar-refractivity contribution < 1.29 is 33.3 Å². The molecule has 2 aliphatic rings. The first-order chi connectivity index (χ1) is 22.9. The zero-order valence-corrected chi connectivity index (χ0v) is 26.9. The van der Waals surface area contributed by atoms with E-state index in [1.165, 1.54) is 18.1 Å². The van der Waals surface area contributed by atoms with Gasteiger partial charge in [-0.25, -0.2) is 4.79 Å². The average molecular weight is 637 g/mol. The first-order valence-electron chi connectivity index (χ1n) is 16.1. The van der Waals surface area contributed by atoms with E-state index in [2.05, 4.69) is 41.0 Å². The minimum absolute atomic E-state index is 0.259. The molecule has 9 nitrogen and oxygen atoms in total. The largest absolute Gasteiger partial charge is 0.473 e. The molecule has 0 unspecified atom stereocenters. The molecule has 2 heterocycles. The second kappa shape index (κ2) is 14.9. The monoisotopic (exact) mass is 636 g/mol. The maximum Gasteiger partial charge on any atom is 0.338 e. The van der Waals surface area contributed by atoms with Crippen LogP contribution in [0.15, 0.2) is 84.9 Å². The molecule has 0 amide bonds. The Kier molecular flexibility index (Phi) is 10.1. The van der Waals surface area contributed by atoms with Crippen molar-refractivity contribution in [3.63, 3.8) is 0 Å². The summed E-state index contributed by atoms with van der Waals surface area (Å²) in [7, 11) is 0. The van der Waals surface area contributed by atoms with Crippen molar-refractivity contribution in [1.82, 2.24) is 0 Å². The molecule has 6 rings (SSSR count). The van der Waals surface area contributed by atoms with Gasteiger partial charge in [0.25, 0.3) is 0 Å².